The zero-order valence-electron chi connectivity index (χ0n) is 15.5. The minimum atomic E-state index is -0.0722. The van der Waals surface area contributed by atoms with E-state index in [1.54, 1.807) is 41.3 Å². The van der Waals surface area contributed by atoms with Crippen molar-refractivity contribution in [3.63, 3.8) is 0 Å². The van der Waals surface area contributed by atoms with E-state index in [0.29, 0.717) is 5.56 Å². The molecule has 1 heterocycles. The Bertz CT molecular complexity index is 903. The first kappa shape index (κ1) is 18.3. The summed E-state index contributed by atoms with van der Waals surface area (Å²) in [6.45, 7) is 2.00. The van der Waals surface area contributed by atoms with Gasteiger partial charge in [0.25, 0.3) is 5.91 Å². The third-order valence-electron chi connectivity index (χ3n) is 4.42. The van der Waals surface area contributed by atoms with Crippen LogP contribution in [-0.4, -0.2) is 45.9 Å². The summed E-state index contributed by atoms with van der Waals surface area (Å²) in [5.41, 5.74) is 3.45. The van der Waals surface area contributed by atoms with Crippen LogP contribution in [0.4, 0.5) is 0 Å². The molecular weight excluding hydrogens is 342 g/mol. The number of oxime groups is 1. The van der Waals surface area contributed by atoms with Crippen LogP contribution >= 0.6 is 0 Å². The first-order valence-corrected chi connectivity index (χ1v) is 8.49. The fourth-order valence-corrected chi connectivity index (χ4v) is 2.68. The molecule has 1 unspecified atom stereocenters. The maximum Gasteiger partial charge on any atom is 0.254 e. The van der Waals surface area contributed by atoms with Crippen molar-refractivity contribution < 1.29 is 9.63 Å². The number of hydrogen-bond acceptors (Lipinski definition) is 5. The van der Waals surface area contributed by atoms with Gasteiger partial charge in [0.05, 0.1) is 17.9 Å². The monoisotopic (exact) mass is 363 g/mol. The standard InChI is InChI=1S/C20H21N5O2/c1-15(17-8-10-19(11-9-17)25-14-21-13-22-25)24(2)20(26)18-6-4-16(5-7-18)12-23-27-3/h4-15H,1-3H3/b23-12+. The third-order valence-corrected chi connectivity index (χ3v) is 4.42. The molecule has 0 aliphatic rings. The Balaban J connectivity index is 1.71. The van der Waals surface area contributed by atoms with E-state index >= 15 is 0 Å². The summed E-state index contributed by atoms with van der Waals surface area (Å²) in [5, 5.41) is 7.83. The van der Waals surface area contributed by atoms with E-state index < -0.39 is 0 Å². The average Bonchev–Trinajstić information content (AvgIpc) is 3.26. The Hall–Kier alpha value is -3.48. The van der Waals surface area contributed by atoms with Crippen LogP contribution in [0.1, 0.15) is 34.5 Å². The molecule has 1 aromatic heterocycles. The van der Waals surface area contributed by atoms with Crippen molar-refractivity contribution in [2.45, 2.75) is 13.0 Å². The van der Waals surface area contributed by atoms with Crippen LogP contribution in [-0.2, 0) is 4.84 Å². The van der Waals surface area contributed by atoms with Gasteiger partial charge in [-0.2, -0.15) is 5.10 Å². The zero-order valence-corrected chi connectivity index (χ0v) is 15.5. The molecule has 1 amide bonds. The van der Waals surface area contributed by atoms with Gasteiger partial charge in [-0.3, -0.25) is 4.79 Å². The molecule has 27 heavy (non-hydrogen) atoms. The Kier molecular flexibility index (Phi) is 5.61. The van der Waals surface area contributed by atoms with Crippen molar-refractivity contribution in [1.29, 1.82) is 0 Å². The minimum Gasteiger partial charge on any atom is -0.399 e. The second kappa shape index (κ2) is 8.27. The topological polar surface area (TPSA) is 72.6 Å². The van der Waals surface area contributed by atoms with Gasteiger partial charge in [-0.25, -0.2) is 9.67 Å². The Morgan fingerprint density at radius 1 is 1.19 bits per heavy atom. The lowest BCUT2D eigenvalue weighted by molar-refractivity contribution is 0.0742. The largest absolute Gasteiger partial charge is 0.399 e. The number of carbonyl (C=O) groups is 1. The van der Waals surface area contributed by atoms with Crippen molar-refractivity contribution in [3.05, 3.63) is 77.9 Å². The smallest absolute Gasteiger partial charge is 0.254 e. The molecule has 1 atom stereocenters. The van der Waals surface area contributed by atoms with Crippen LogP contribution in [0, 0.1) is 0 Å². The SMILES string of the molecule is CO/N=C/c1ccc(C(=O)N(C)C(C)c2ccc(-n3cncn3)cc2)cc1. The molecule has 0 radical (unpaired) electrons. The van der Waals surface area contributed by atoms with E-state index in [1.807, 2.05) is 43.3 Å². The lowest BCUT2D eigenvalue weighted by atomic mass is 10.1. The van der Waals surface area contributed by atoms with E-state index in [4.69, 9.17) is 0 Å². The second-order valence-corrected chi connectivity index (χ2v) is 6.06. The summed E-state index contributed by atoms with van der Waals surface area (Å²) in [7, 11) is 3.29. The Morgan fingerprint density at radius 2 is 1.89 bits per heavy atom. The average molecular weight is 363 g/mol. The van der Waals surface area contributed by atoms with Gasteiger partial charge >= 0.3 is 0 Å². The molecule has 0 bridgehead atoms. The molecule has 3 aromatic rings. The van der Waals surface area contributed by atoms with Crippen LogP contribution < -0.4 is 0 Å². The van der Waals surface area contributed by atoms with E-state index in [1.165, 1.54) is 13.4 Å². The molecule has 0 N–H and O–H groups in total. The highest BCUT2D eigenvalue weighted by Gasteiger charge is 2.19. The summed E-state index contributed by atoms with van der Waals surface area (Å²) < 4.78 is 1.69. The van der Waals surface area contributed by atoms with Crippen LogP contribution in [0.2, 0.25) is 0 Å². The predicted molar refractivity (Wildman–Crippen MR) is 103 cm³/mol. The van der Waals surface area contributed by atoms with Crippen LogP contribution in [0.5, 0.6) is 0 Å². The van der Waals surface area contributed by atoms with Crippen molar-refractivity contribution in [2.24, 2.45) is 5.16 Å². The normalized spacial score (nSPS) is 12.1. The van der Waals surface area contributed by atoms with Gasteiger partial charge in [-0.15, -0.1) is 0 Å². The highest BCUT2D eigenvalue weighted by atomic mass is 16.6. The summed E-state index contributed by atoms with van der Waals surface area (Å²) >= 11 is 0. The number of carbonyl (C=O) groups excluding carboxylic acids is 1. The number of aromatic nitrogens is 3. The van der Waals surface area contributed by atoms with Gasteiger partial charge in [0.1, 0.15) is 19.8 Å². The van der Waals surface area contributed by atoms with E-state index in [-0.39, 0.29) is 11.9 Å². The number of rotatable bonds is 6. The van der Waals surface area contributed by atoms with Crippen molar-refractivity contribution in [1.82, 2.24) is 19.7 Å². The molecule has 138 valence electrons. The lowest BCUT2D eigenvalue weighted by Gasteiger charge is -2.25. The summed E-state index contributed by atoms with van der Waals surface area (Å²) in [6, 6.07) is 15.1. The molecule has 0 saturated carbocycles. The van der Waals surface area contributed by atoms with Crippen LogP contribution in [0.3, 0.4) is 0 Å². The van der Waals surface area contributed by atoms with E-state index in [2.05, 4.69) is 20.1 Å². The van der Waals surface area contributed by atoms with Gasteiger partial charge in [0.15, 0.2) is 0 Å². The van der Waals surface area contributed by atoms with Crippen molar-refractivity contribution in [2.75, 3.05) is 14.2 Å². The number of amides is 1. The minimum absolute atomic E-state index is 0.0434. The number of benzene rings is 2. The molecular formula is C20H21N5O2. The summed E-state index contributed by atoms with van der Waals surface area (Å²) in [5.74, 6) is -0.0434. The molecule has 3 rings (SSSR count). The number of hydrogen-bond donors (Lipinski definition) is 0. The van der Waals surface area contributed by atoms with E-state index in [9.17, 15) is 4.79 Å². The molecule has 0 spiro atoms. The van der Waals surface area contributed by atoms with Gasteiger partial charge in [0.2, 0.25) is 0 Å². The van der Waals surface area contributed by atoms with E-state index in [0.717, 1.165) is 16.8 Å². The van der Waals surface area contributed by atoms with Crippen LogP contribution in [0.25, 0.3) is 5.69 Å². The lowest BCUT2D eigenvalue weighted by Crippen LogP contribution is -2.29. The maximum atomic E-state index is 12.8. The third kappa shape index (κ3) is 4.20. The van der Waals surface area contributed by atoms with Gasteiger partial charge < -0.3 is 9.74 Å². The van der Waals surface area contributed by atoms with Crippen molar-refractivity contribution >= 4 is 12.1 Å². The van der Waals surface area contributed by atoms with Gasteiger partial charge in [0, 0.05) is 12.6 Å². The molecule has 0 aliphatic heterocycles. The molecule has 0 saturated heterocycles. The molecule has 2 aromatic carbocycles. The fraction of sp³-hybridized carbons (Fsp3) is 0.200. The highest BCUT2D eigenvalue weighted by molar-refractivity contribution is 5.95. The first-order chi connectivity index (χ1) is 13.1. The molecule has 0 aliphatic carbocycles. The number of nitrogens with zero attached hydrogens (tertiary/aromatic N) is 5. The Morgan fingerprint density at radius 3 is 2.48 bits per heavy atom. The summed E-state index contributed by atoms with van der Waals surface area (Å²) in [4.78, 5) is 23.1. The maximum absolute atomic E-state index is 12.8. The fourth-order valence-electron chi connectivity index (χ4n) is 2.68. The highest BCUT2D eigenvalue weighted by Crippen LogP contribution is 2.22. The first-order valence-electron chi connectivity index (χ1n) is 8.49. The molecule has 7 nitrogen and oxygen atoms in total. The molecule has 7 heteroatoms. The summed E-state index contributed by atoms with van der Waals surface area (Å²) in [6.07, 6.45) is 4.74. The molecule has 0 fully saturated rings. The van der Waals surface area contributed by atoms with Crippen LogP contribution in [0.15, 0.2) is 66.3 Å². The van der Waals surface area contributed by atoms with Gasteiger partial charge in [-0.1, -0.05) is 29.4 Å². The Labute approximate surface area is 157 Å². The zero-order chi connectivity index (χ0) is 19.2. The van der Waals surface area contributed by atoms with Crippen molar-refractivity contribution in [3.8, 4) is 5.69 Å². The van der Waals surface area contributed by atoms with Gasteiger partial charge in [-0.05, 0) is 42.3 Å². The second-order valence-electron chi connectivity index (χ2n) is 6.06. The quantitative estimate of drug-likeness (QED) is 0.498. The predicted octanol–water partition coefficient (Wildman–Crippen LogP) is 3.08.